The van der Waals surface area contributed by atoms with Crippen LogP contribution in [0.4, 0.5) is 18.0 Å². The molecule has 0 spiro atoms. The third kappa shape index (κ3) is 4.78. The summed E-state index contributed by atoms with van der Waals surface area (Å²) in [5.74, 6) is -2.01. The highest BCUT2D eigenvalue weighted by Gasteiger charge is 2.38. The van der Waals surface area contributed by atoms with Crippen LogP contribution in [-0.2, 0) is 24.1 Å². The Bertz CT molecular complexity index is 959. The average Bonchev–Trinajstić information content (AvgIpc) is 3.17. The molecule has 0 unspecified atom stereocenters. The predicted molar refractivity (Wildman–Crippen MR) is 86.3 cm³/mol. The fourth-order valence-corrected chi connectivity index (χ4v) is 2.01. The van der Waals surface area contributed by atoms with Crippen molar-refractivity contribution in [3.05, 3.63) is 53.4 Å². The van der Waals surface area contributed by atoms with E-state index in [2.05, 4.69) is 34.9 Å². The molecule has 0 aromatic carbocycles. The number of carbonyl (C=O) groups is 1. The number of nitrogens with zero attached hydrogens (tertiary/aromatic N) is 5. The molecule has 0 aliphatic carbocycles. The monoisotopic (exact) mass is 394 g/mol. The van der Waals surface area contributed by atoms with Crippen LogP contribution in [-0.4, -0.2) is 31.2 Å². The summed E-state index contributed by atoms with van der Waals surface area (Å²) < 4.78 is 46.6. The number of aryl methyl sites for hydroxylation is 1. The van der Waals surface area contributed by atoms with Crippen LogP contribution in [0.5, 0.6) is 0 Å². The predicted octanol–water partition coefficient (Wildman–Crippen LogP) is 2.68. The van der Waals surface area contributed by atoms with Gasteiger partial charge in [-0.25, -0.2) is 14.8 Å². The maximum Gasteiger partial charge on any atom is 0.471 e. The van der Waals surface area contributed by atoms with Gasteiger partial charge in [-0.15, -0.1) is 0 Å². The van der Waals surface area contributed by atoms with Crippen molar-refractivity contribution in [2.75, 3.05) is 0 Å². The maximum atomic E-state index is 12.5. The van der Waals surface area contributed by atoms with E-state index in [0.717, 1.165) is 11.1 Å². The molecule has 28 heavy (non-hydrogen) atoms. The van der Waals surface area contributed by atoms with Crippen molar-refractivity contribution >= 4 is 6.09 Å². The second-order valence-electron chi connectivity index (χ2n) is 5.57. The molecule has 1 N–H and O–H groups in total. The normalized spacial score (nSPS) is 11.3. The van der Waals surface area contributed by atoms with Gasteiger partial charge in [0.2, 0.25) is 11.6 Å². The summed E-state index contributed by atoms with van der Waals surface area (Å²) in [4.78, 5) is 26.6. The van der Waals surface area contributed by atoms with E-state index in [4.69, 9.17) is 4.74 Å². The lowest BCUT2D eigenvalue weighted by Crippen LogP contribution is -2.24. The zero-order valence-corrected chi connectivity index (χ0v) is 14.4. The van der Waals surface area contributed by atoms with Crippen molar-refractivity contribution in [3.8, 4) is 11.6 Å². The van der Waals surface area contributed by atoms with E-state index in [1.807, 2.05) is 6.92 Å². The number of aromatic nitrogens is 5. The first-order valence-electron chi connectivity index (χ1n) is 7.85. The Morgan fingerprint density at radius 3 is 2.61 bits per heavy atom. The summed E-state index contributed by atoms with van der Waals surface area (Å²) in [6, 6.07) is 1.80. The number of nitrogens with one attached hydrogen (secondary N) is 1. The van der Waals surface area contributed by atoms with Crippen molar-refractivity contribution in [2.45, 2.75) is 26.3 Å². The molecular weight excluding hydrogens is 381 g/mol. The second-order valence-corrected chi connectivity index (χ2v) is 5.57. The topological polar surface area (TPSA) is 116 Å². The van der Waals surface area contributed by atoms with Gasteiger partial charge >= 0.3 is 18.2 Å². The van der Waals surface area contributed by atoms with Crippen molar-refractivity contribution in [1.82, 2.24) is 30.4 Å². The first kappa shape index (κ1) is 19.2. The number of carbonyl (C=O) groups excluding carboxylic acids is 1. The highest BCUT2D eigenvalue weighted by atomic mass is 19.4. The molecule has 1 amide bonds. The molecule has 0 fully saturated rings. The Morgan fingerprint density at radius 1 is 1.21 bits per heavy atom. The maximum absolute atomic E-state index is 12.5. The highest BCUT2D eigenvalue weighted by molar-refractivity contribution is 5.67. The fourth-order valence-electron chi connectivity index (χ4n) is 2.01. The fraction of sp³-hybridized carbons (Fsp3) is 0.250. The van der Waals surface area contributed by atoms with Gasteiger partial charge in [-0.1, -0.05) is 5.16 Å². The Hall–Kier alpha value is -3.57. The third-order valence-electron chi connectivity index (χ3n) is 3.52. The third-order valence-corrected chi connectivity index (χ3v) is 3.52. The lowest BCUT2D eigenvalue weighted by Gasteiger charge is -2.08. The van der Waals surface area contributed by atoms with Crippen molar-refractivity contribution in [3.63, 3.8) is 0 Å². The number of amides is 1. The summed E-state index contributed by atoms with van der Waals surface area (Å²) in [6.45, 7) is 2.00. The lowest BCUT2D eigenvalue weighted by molar-refractivity contribution is -0.159. The molecule has 146 valence electrons. The van der Waals surface area contributed by atoms with E-state index in [-0.39, 0.29) is 19.0 Å². The largest absolute Gasteiger partial charge is 0.471 e. The molecule has 9 nitrogen and oxygen atoms in total. The first-order valence-corrected chi connectivity index (χ1v) is 7.85. The van der Waals surface area contributed by atoms with E-state index in [1.54, 1.807) is 18.5 Å². The zero-order valence-electron chi connectivity index (χ0n) is 14.4. The minimum atomic E-state index is -4.75. The van der Waals surface area contributed by atoms with Crippen LogP contribution >= 0.6 is 0 Å². The Balaban J connectivity index is 1.52. The number of rotatable bonds is 5. The quantitative estimate of drug-likeness (QED) is 0.702. The summed E-state index contributed by atoms with van der Waals surface area (Å²) in [7, 11) is 0. The molecule has 0 aliphatic heterocycles. The number of pyridine rings is 1. The summed E-state index contributed by atoms with van der Waals surface area (Å²) >= 11 is 0. The van der Waals surface area contributed by atoms with Gasteiger partial charge in [-0.3, -0.25) is 4.98 Å². The Morgan fingerprint density at radius 2 is 1.96 bits per heavy atom. The molecule has 3 rings (SSSR count). The molecule has 0 radical (unpaired) electrons. The van der Waals surface area contributed by atoms with Gasteiger partial charge in [0.1, 0.15) is 6.61 Å². The summed E-state index contributed by atoms with van der Waals surface area (Å²) in [6.07, 6.45) is 0.484. The number of ether oxygens (including phenoxy) is 1. The van der Waals surface area contributed by atoms with E-state index in [0.29, 0.717) is 5.56 Å². The van der Waals surface area contributed by atoms with Gasteiger partial charge in [0.25, 0.3) is 0 Å². The summed E-state index contributed by atoms with van der Waals surface area (Å²) in [5.41, 5.74) is 2.23. The van der Waals surface area contributed by atoms with E-state index < -0.39 is 24.0 Å². The van der Waals surface area contributed by atoms with Crippen LogP contribution in [0.25, 0.3) is 11.6 Å². The van der Waals surface area contributed by atoms with E-state index in [1.165, 1.54) is 12.4 Å². The van der Waals surface area contributed by atoms with Crippen molar-refractivity contribution in [1.29, 1.82) is 0 Å². The Kier molecular flexibility index (Phi) is 5.47. The first-order chi connectivity index (χ1) is 13.3. The van der Waals surface area contributed by atoms with Crippen LogP contribution in [0.3, 0.4) is 0 Å². The van der Waals surface area contributed by atoms with E-state index >= 15 is 0 Å². The average molecular weight is 394 g/mol. The molecule has 3 heterocycles. The molecule has 0 saturated carbocycles. The number of alkyl halides is 3. The SMILES string of the molecule is Cc1ccncc1COC(=O)NCc1cnc(-c2noc(C(F)(F)F)n2)nc1. The molecule has 3 aromatic rings. The molecule has 0 bridgehead atoms. The van der Waals surface area contributed by atoms with Gasteiger partial charge < -0.3 is 14.6 Å². The Labute approximate surface area is 156 Å². The number of halogens is 3. The molecule has 12 heteroatoms. The van der Waals surface area contributed by atoms with Gasteiger partial charge in [-0.2, -0.15) is 18.2 Å². The molecule has 0 aliphatic rings. The summed E-state index contributed by atoms with van der Waals surface area (Å²) in [5, 5.41) is 5.70. The van der Waals surface area contributed by atoms with Gasteiger partial charge in [0.05, 0.1) is 0 Å². The second kappa shape index (κ2) is 7.98. The smallest absolute Gasteiger partial charge is 0.445 e. The van der Waals surface area contributed by atoms with E-state index in [9.17, 15) is 18.0 Å². The molecule has 0 saturated heterocycles. The van der Waals surface area contributed by atoms with Crippen LogP contribution in [0.15, 0.2) is 35.4 Å². The standard InChI is InChI=1S/C16H13F3N6O3/c1-9-2-3-20-7-11(9)8-27-15(26)23-6-10-4-21-12(22-5-10)13-24-14(28-25-13)16(17,18)19/h2-5,7H,6,8H2,1H3,(H,23,26). The van der Waals surface area contributed by atoms with Crippen LogP contribution in [0, 0.1) is 6.92 Å². The van der Waals surface area contributed by atoms with Crippen LogP contribution in [0.1, 0.15) is 22.6 Å². The van der Waals surface area contributed by atoms with Gasteiger partial charge in [0.15, 0.2) is 0 Å². The number of hydrogen-bond donors (Lipinski definition) is 1. The van der Waals surface area contributed by atoms with Crippen LogP contribution in [0.2, 0.25) is 0 Å². The number of hydrogen-bond acceptors (Lipinski definition) is 8. The molecular formula is C16H13F3N6O3. The van der Waals surface area contributed by atoms with Gasteiger partial charge in [0, 0.05) is 42.5 Å². The zero-order chi connectivity index (χ0) is 20.1. The minimum Gasteiger partial charge on any atom is -0.445 e. The number of alkyl carbamates (subject to hydrolysis) is 1. The van der Waals surface area contributed by atoms with Crippen molar-refractivity contribution < 1.29 is 27.2 Å². The molecule has 3 aromatic heterocycles. The van der Waals surface area contributed by atoms with Gasteiger partial charge in [-0.05, 0) is 18.6 Å². The molecule has 0 atom stereocenters. The van der Waals surface area contributed by atoms with Crippen molar-refractivity contribution in [2.24, 2.45) is 0 Å². The highest BCUT2D eigenvalue weighted by Crippen LogP contribution is 2.28. The van der Waals surface area contributed by atoms with Crippen LogP contribution < -0.4 is 5.32 Å². The lowest BCUT2D eigenvalue weighted by atomic mass is 10.2. The minimum absolute atomic E-state index is 0.0607.